The maximum atomic E-state index is 12.6. The van der Waals surface area contributed by atoms with Crippen LogP contribution in [0.2, 0.25) is 0 Å². The first-order valence-electron chi connectivity index (χ1n) is 9.00. The largest absolute Gasteiger partial charge is 0.326 e. The van der Waals surface area contributed by atoms with Gasteiger partial charge >= 0.3 is 0 Å². The molecular formula is C21H25BrN2O. The lowest BCUT2D eigenvalue weighted by molar-refractivity contribution is -0.121. The summed E-state index contributed by atoms with van der Waals surface area (Å²) in [5.74, 6) is 0.204. The molecule has 1 heterocycles. The standard InChI is InChI=1S/C21H25BrN2O/c1-2-16-8-10-20(11-9-16)23-21(25)18-6-4-12-24(15-18)14-17-5-3-7-19(22)13-17/h3,5,7-11,13,18H,2,4,6,12,14-15H2,1H3,(H,23,25). The summed E-state index contributed by atoms with van der Waals surface area (Å²) in [5, 5.41) is 3.08. The molecule has 2 aromatic carbocycles. The topological polar surface area (TPSA) is 32.3 Å². The molecule has 1 unspecified atom stereocenters. The van der Waals surface area contributed by atoms with Crippen LogP contribution in [-0.4, -0.2) is 23.9 Å². The molecule has 0 radical (unpaired) electrons. The summed E-state index contributed by atoms with van der Waals surface area (Å²) in [7, 11) is 0. The predicted molar refractivity (Wildman–Crippen MR) is 107 cm³/mol. The van der Waals surface area contributed by atoms with Crippen molar-refractivity contribution in [1.82, 2.24) is 4.90 Å². The van der Waals surface area contributed by atoms with Gasteiger partial charge in [0.15, 0.2) is 0 Å². The van der Waals surface area contributed by atoms with Crippen LogP contribution in [0.4, 0.5) is 5.69 Å². The van der Waals surface area contributed by atoms with Crippen LogP contribution >= 0.6 is 15.9 Å². The molecule has 0 saturated carbocycles. The highest BCUT2D eigenvalue weighted by atomic mass is 79.9. The number of carbonyl (C=O) groups excluding carboxylic acids is 1. The Balaban J connectivity index is 1.57. The number of nitrogens with zero attached hydrogens (tertiary/aromatic N) is 1. The van der Waals surface area contributed by atoms with Crippen molar-refractivity contribution in [2.75, 3.05) is 18.4 Å². The Morgan fingerprint density at radius 3 is 2.72 bits per heavy atom. The van der Waals surface area contributed by atoms with E-state index in [9.17, 15) is 4.79 Å². The first-order valence-corrected chi connectivity index (χ1v) is 9.80. The number of rotatable bonds is 5. The highest BCUT2D eigenvalue weighted by Crippen LogP contribution is 2.22. The van der Waals surface area contributed by atoms with Crippen LogP contribution in [0.5, 0.6) is 0 Å². The van der Waals surface area contributed by atoms with E-state index in [1.165, 1.54) is 11.1 Å². The molecule has 2 aromatic rings. The highest BCUT2D eigenvalue weighted by molar-refractivity contribution is 9.10. The Morgan fingerprint density at radius 2 is 2.00 bits per heavy atom. The minimum atomic E-state index is 0.0618. The van der Waals surface area contributed by atoms with Crippen LogP contribution in [0.3, 0.4) is 0 Å². The molecular weight excluding hydrogens is 376 g/mol. The molecule has 0 aliphatic carbocycles. The van der Waals surface area contributed by atoms with Gasteiger partial charge in [0.2, 0.25) is 5.91 Å². The van der Waals surface area contributed by atoms with E-state index in [2.05, 4.69) is 63.4 Å². The van der Waals surface area contributed by atoms with Crippen molar-refractivity contribution in [2.24, 2.45) is 5.92 Å². The zero-order valence-corrected chi connectivity index (χ0v) is 16.3. The normalized spacial score (nSPS) is 18.1. The van der Waals surface area contributed by atoms with Crippen LogP contribution in [0.25, 0.3) is 0 Å². The average molecular weight is 401 g/mol. The first kappa shape index (κ1) is 18.2. The average Bonchev–Trinajstić information content (AvgIpc) is 2.62. The van der Waals surface area contributed by atoms with Crippen LogP contribution in [-0.2, 0) is 17.8 Å². The Labute approximate surface area is 158 Å². The number of halogens is 1. The van der Waals surface area contributed by atoms with Crippen molar-refractivity contribution in [1.29, 1.82) is 0 Å². The molecule has 1 atom stereocenters. The molecule has 0 bridgehead atoms. The summed E-state index contributed by atoms with van der Waals surface area (Å²) >= 11 is 3.53. The van der Waals surface area contributed by atoms with E-state index in [0.717, 1.165) is 49.1 Å². The molecule has 25 heavy (non-hydrogen) atoms. The second-order valence-corrected chi connectivity index (χ2v) is 7.66. The molecule has 3 rings (SSSR count). The van der Waals surface area contributed by atoms with Gasteiger partial charge in [0, 0.05) is 23.2 Å². The number of hydrogen-bond donors (Lipinski definition) is 1. The van der Waals surface area contributed by atoms with Gasteiger partial charge in [-0.25, -0.2) is 0 Å². The Bertz CT molecular complexity index is 714. The predicted octanol–water partition coefficient (Wildman–Crippen LogP) is 4.86. The van der Waals surface area contributed by atoms with Crippen molar-refractivity contribution in [2.45, 2.75) is 32.7 Å². The third-order valence-corrected chi connectivity index (χ3v) is 5.29. The molecule has 1 N–H and O–H groups in total. The third kappa shape index (κ3) is 5.16. The molecule has 1 aliphatic heterocycles. The van der Waals surface area contributed by atoms with Crippen LogP contribution in [0, 0.1) is 5.92 Å². The molecule has 1 amide bonds. The lowest BCUT2D eigenvalue weighted by Gasteiger charge is -2.32. The summed E-state index contributed by atoms with van der Waals surface area (Å²) in [6.07, 6.45) is 3.05. The summed E-state index contributed by atoms with van der Waals surface area (Å²) in [4.78, 5) is 15.0. The number of aryl methyl sites for hydroxylation is 1. The van der Waals surface area contributed by atoms with E-state index in [0.29, 0.717) is 0 Å². The van der Waals surface area contributed by atoms with Crippen molar-refractivity contribution in [3.05, 3.63) is 64.1 Å². The number of hydrogen-bond acceptors (Lipinski definition) is 2. The van der Waals surface area contributed by atoms with E-state index >= 15 is 0 Å². The maximum absolute atomic E-state index is 12.6. The number of anilines is 1. The quantitative estimate of drug-likeness (QED) is 0.776. The molecule has 1 aliphatic rings. The smallest absolute Gasteiger partial charge is 0.228 e. The molecule has 1 saturated heterocycles. The number of likely N-dealkylation sites (tertiary alicyclic amines) is 1. The van der Waals surface area contributed by atoms with E-state index < -0.39 is 0 Å². The molecule has 0 spiro atoms. The van der Waals surface area contributed by atoms with Crippen molar-refractivity contribution >= 4 is 27.5 Å². The minimum Gasteiger partial charge on any atom is -0.326 e. The molecule has 1 fully saturated rings. The van der Waals surface area contributed by atoms with Crippen LogP contribution in [0.1, 0.15) is 30.9 Å². The van der Waals surface area contributed by atoms with Crippen LogP contribution < -0.4 is 5.32 Å². The lowest BCUT2D eigenvalue weighted by atomic mass is 9.96. The second-order valence-electron chi connectivity index (χ2n) is 6.74. The molecule has 3 nitrogen and oxygen atoms in total. The monoisotopic (exact) mass is 400 g/mol. The maximum Gasteiger partial charge on any atom is 0.228 e. The summed E-state index contributed by atoms with van der Waals surface area (Å²) < 4.78 is 1.10. The van der Waals surface area contributed by atoms with Gasteiger partial charge in [0.25, 0.3) is 0 Å². The SMILES string of the molecule is CCc1ccc(NC(=O)C2CCCN(Cc3cccc(Br)c3)C2)cc1. The molecule has 132 valence electrons. The number of piperidine rings is 1. The molecule has 4 heteroatoms. The zero-order valence-electron chi connectivity index (χ0n) is 14.7. The Kier molecular flexibility index (Phi) is 6.27. The number of benzene rings is 2. The van der Waals surface area contributed by atoms with Gasteiger partial charge in [-0.3, -0.25) is 9.69 Å². The lowest BCUT2D eigenvalue weighted by Crippen LogP contribution is -2.40. The van der Waals surface area contributed by atoms with E-state index in [1.54, 1.807) is 0 Å². The van der Waals surface area contributed by atoms with Crippen molar-refractivity contribution in [3.8, 4) is 0 Å². The van der Waals surface area contributed by atoms with Gasteiger partial charge < -0.3 is 5.32 Å². The van der Waals surface area contributed by atoms with Gasteiger partial charge in [-0.05, 0) is 61.2 Å². The van der Waals surface area contributed by atoms with Gasteiger partial charge in [-0.15, -0.1) is 0 Å². The second kappa shape index (κ2) is 8.63. The molecule has 0 aromatic heterocycles. The summed E-state index contributed by atoms with van der Waals surface area (Å²) in [6.45, 7) is 4.91. The minimum absolute atomic E-state index is 0.0618. The highest BCUT2D eigenvalue weighted by Gasteiger charge is 2.25. The fraction of sp³-hybridized carbons (Fsp3) is 0.381. The number of amides is 1. The fourth-order valence-electron chi connectivity index (χ4n) is 3.37. The van der Waals surface area contributed by atoms with Gasteiger partial charge in [-0.2, -0.15) is 0 Å². The fourth-order valence-corrected chi connectivity index (χ4v) is 3.82. The van der Waals surface area contributed by atoms with E-state index in [4.69, 9.17) is 0 Å². The van der Waals surface area contributed by atoms with Crippen molar-refractivity contribution in [3.63, 3.8) is 0 Å². The van der Waals surface area contributed by atoms with E-state index in [1.807, 2.05) is 18.2 Å². The zero-order chi connectivity index (χ0) is 17.6. The Hall–Kier alpha value is -1.65. The van der Waals surface area contributed by atoms with Gasteiger partial charge in [0.1, 0.15) is 0 Å². The van der Waals surface area contributed by atoms with Crippen molar-refractivity contribution < 1.29 is 4.79 Å². The van der Waals surface area contributed by atoms with E-state index in [-0.39, 0.29) is 11.8 Å². The summed E-state index contributed by atoms with van der Waals surface area (Å²) in [6, 6.07) is 16.6. The Morgan fingerprint density at radius 1 is 1.20 bits per heavy atom. The van der Waals surface area contributed by atoms with Gasteiger partial charge in [0.05, 0.1) is 5.92 Å². The van der Waals surface area contributed by atoms with Crippen LogP contribution in [0.15, 0.2) is 53.0 Å². The number of nitrogens with one attached hydrogen (secondary N) is 1. The first-order chi connectivity index (χ1) is 12.1. The number of carbonyl (C=O) groups is 1. The van der Waals surface area contributed by atoms with Gasteiger partial charge in [-0.1, -0.05) is 47.1 Å². The summed E-state index contributed by atoms with van der Waals surface area (Å²) in [5.41, 5.74) is 3.47. The third-order valence-electron chi connectivity index (χ3n) is 4.80.